The molecule has 10 heavy (non-hydrogen) atoms. The van der Waals surface area contributed by atoms with E-state index in [1.165, 1.54) is 0 Å². The van der Waals surface area contributed by atoms with Crippen LogP contribution < -0.4 is 5.73 Å². The summed E-state index contributed by atoms with van der Waals surface area (Å²) in [7, 11) is 0. The number of aromatic nitrogens is 2. The molecule has 1 aromatic rings. The van der Waals surface area contributed by atoms with Crippen molar-refractivity contribution in [3.05, 3.63) is 6.07 Å². The van der Waals surface area contributed by atoms with Crippen molar-refractivity contribution in [2.75, 3.05) is 5.73 Å². The van der Waals surface area contributed by atoms with Crippen LogP contribution in [0, 0.1) is 0 Å². The van der Waals surface area contributed by atoms with Gasteiger partial charge in [0.05, 0.1) is 6.54 Å². The van der Waals surface area contributed by atoms with Crippen LogP contribution in [-0.4, -0.2) is 15.5 Å². The molecule has 2 rings (SSSR count). The average molecular weight is 136 g/mol. The van der Waals surface area contributed by atoms with Gasteiger partial charge in [0.15, 0.2) is 5.82 Å². The van der Waals surface area contributed by atoms with E-state index in [-0.39, 0.29) is 0 Å². The molecule has 2 N–H and O–H groups in total. The summed E-state index contributed by atoms with van der Waals surface area (Å²) in [5.41, 5.74) is 6.52. The Morgan fingerprint density at radius 3 is 3.20 bits per heavy atom. The first-order valence-electron chi connectivity index (χ1n) is 3.13. The average Bonchev–Trinajstić information content (AvgIpc) is 2.21. The molecule has 0 bridgehead atoms. The molecular formula is C6H8N4. The number of nitrogens with two attached hydrogens (primary N) is 1. The molecule has 0 saturated heterocycles. The summed E-state index contributed by atoms with van der Waals surface area (Å²) in [6, 6.07) is 1.77. The van der Waals surface area contributed by atoms with Gasteiger partial charge in [-0.1, -0.05) is 0 Å². The van der Waals surface area contributed by atoms with Crippen molar-refractivity contribution in [2.24, 2.45) is 4.99 Å². The van der Waals surface area contributed by atoms with E-state index in [0.717, 1.165) is 18.1 Å². The lowest BCUT2D eigenvalue weighted by Gasteiger charge is -1.89. The first-order valence-corrected chi connectivity index (χ1v) is 3.13. The minimum Gasteiger partial charge on any atom is -0.382 e. The maximum atomic E-state index is 5.43. The van der Waals surface area contributed by atoms with Crippen LogP contribution in [0.5, 0.6) is 0 Å². The maximum absolute atomic E-state index is 5.43. The number of rotatable bonds is 0. The third-order valence-electron chi connectivity index (χ3n) is 1.46. The molecule has 0 aliphatic carbocycles. The topological polar surface area (TPSA) is 56.2 Å². The van der Waals surface area contributed by atoms with Crippen LogP contribution in [-0.2, 0) is 6.54 Å². The van der Waals surface area contributed by atoms with Crippen molar-refractivity contribution in [1.29, 1.82) is 0 Å². The Morgan fingerprint density at radius 2 is 2.50 bits per heavy atom. The molecular weight excluding hydrogens is 128 g/mol. The summed E-state index contributed by atoms with van der Waals surface area (Å²) in [5, 5.41) is 4.02. The van der Waals surface area contributed by atoms with E-state index >= 15 is 0 Å². The first-order chi connectivity index (χ1) is 4.75. The van der Waals surface area contributed by atoms with Crippen LogP contribution in [0.3, 0.4) is 0 Å². The SMILES string of the molecule is CC1=Nc2cc(N)nn2C1. The number of nitrogen functional groups attached to an aromatic ring is 1. The van der Waals surface area contributed by atoms with Gasteiger partial charge in [-0.15, -0.1) is 0 Å². The van der Waals surface area contributed by atoms with Crippen LogP contribution in [0.4, 0.5) is 11.6 Å². The fraction of sp³-hybridized carbons (Fsp3) is 0.333. The lowest BCUT2D eigenvalue weighted by molar-refractivity contribution is 0.755. The summed E-state index contributed by atoms with van der Waals surface area (Å²) >= 11 is 0. The molecule has 0 fully saturated rings. The fourth-order valence-corrected chi connectivity index (χ4v) is 1.08. The molecule has 1 aliphatic heterocycles. The smallest absolute Gasteiger partial charge is 0.152 e. The highest BCUT2D eigenvalue weighted by Crippen LogP contribution is 2.20. The molecule has 0 unspecified atom stereocenters. The molecule has 0 radical (unpaired) electrons. The van der Waals surface area contributed by atoms with Gasteiger partial charge in [0.1, 0.15) is 5.82 Å². The molecule has 0 spiro atoms. The highest BCUT2D eigenvalue weighted by Gasteiger charge is 2.11. The van der Waals surface area contributed by atoms with Crippen molar-refractivity contribution in [3.63, 3.8) is 0 Å². The van der Waals surface area contributed by atoms with E-state index < -0.39 is 0 Å². The van der Waals surface area contributed by atoms with Gasteiger partial charge in [-0.2, -0.15) is 5.10 Å². The number of anilines is 1. The monoisotopic (exact) mass is 136 g/mol. The van der Waals surface area contributed by atoms with Gasteiger partial charge in [-0.05, 0) is 6.92 Å². The van der Waals surface area contributed by atoms with E-state index in [0.29, 0.717) is 5.82 Å². The molecule has 4 nitrogen and oxygen atoms in total. The summed E-state index contributed by atoms with van der Waals surface area (Å²) in [6.07, 6.45) is 0. The van der Waals surface area contributed by atoms with E-state index in [9.17, 15) is 0 Å². The van der Waals surface area contributed by atoms with Crippen molar-refractivity contribution in [1.82, 2.24) is 9.78 Å². The van der Waals surface area contributed by atoms with Gasteiger partial charge in [0.2, 0.25) is 0 Å². The normalized spacial score (nSPS) is 15.1. The van der Waals surface area contributed by atoms with Crippen LogP contribution in [0.25, 0.3) is 0 Å². The first kappa shape index (κ1) is 5.46. The minimum atomic E-state index is 0.547. The third-order valence-corrected chi connectivity index (χ3v) is 1.46. The Hall–Kier alpha value is -1.32. The zero-order chi connectivity index (χ0) is 7.14. The van der Waals surface area contributed by atoms with Crippen LogP contribution in [0.15, 0.2) is 11.1 Å². The summed E-state index contributed by atoms with van der Waals surface area (Å²) < 4.78 is 1.80. The number of hydrogen-bond acceptors (Lipinski definition) is 3. The molecule has 0 aromatic carbocycles. The molecule has 52 valence electrons. The van der Waals surface area contributed by atoms with E-state index in [1.54, 1.807) is 10.7 Å². The second-order valence-corrected chi connectivity index (χ2v) is 2.43. The van der Waals surface area contributed by atoms with E-state index in [1.807, 2.05) is 6.92 Å². The van der Waals surface area contributed by atoms with Crippen molar-refractivity contribution in [3.8, 4) is 0 Å². The molecule has 4 heteroatoms. The molecule has 0 amide bonds. The van der Waals surface area contributed by atoms with E-state index in [2.05, 4.69) is 10.1 Å². The highest BCUT2D eigenvalue weighted by atomic mass is 15.4. The second kappa shape index (κ2) is 1.59. The number of nitrogens with zero attached hydrogens (tertiary/aromatic N) is 3. The van der Waals surface area contributed by atoms with Crippen molar-refractivity contribution in [2.45, 2.75) is 13.5 Å². The predicted octanol–water partition coefficient (Wildman–Crippen LogP) is 0.571. The van der Waals surface area contributed by atoms with Crippen LogP contribution in [0.2, 0.25) is 0 Å². The molecule has 0 saturated carbocycles. The predicted molar refractivity (Wildman–Crippen MR) is 39.4 cm³/mol. The third kappa shape index (κ3) is 0.618. The summed E-state index contributed by atoms with van der Waals surface area (Å²) in [6.45, 7) is 2.76. The van der Waals surface area contributed by atoms with Crippen LogP contribution in [0.1, 0.15) is 6.92 Å². The molecule has 0 atom stereocenters. The lowest BCUT2D eigenvalue weighted by atomic mass is 10.4. The van der Waals surface area contributed by atoms with E-state index in [4.69, 9.17) is 5.73 Å². The molecule has 1 aliphatic rings. The van der Waals surface area contributed by atoms with Gasteiger partial charge in [-0.25, -0.2) is 9.67 Å². The number of hydrogen-bond donors (Lipinski definition) is 1. The highest BCUT2D eigenvalue weighted by molar-refractivity contribution is 5.87. The quantitative estimate of drug-likeness (QED) is 0.567. The zero-order valence-corrected chi connectivity index (χ0v) is 5.70. The summed E-state index contributed by atoms with van der Waals surface area (Å²) in [5.74, 6) is 1.42. The standard InChI is InChI=1S/C6H8N4/c1-4-3-10-6(8-4)2-5(7)9-10/h2H,3H2,1H3,(H2,7,9). The largest absolute Gasteiger partial charge is 0.382 e. The second-order valence-electron chi connectivity index (χ2n) is 2.43. The zero-order valence-electron chi connectivity index (χ0n) is 5.70. The van der Waals surface area contributed by atoms with Gasteiger partial charge in [0, 0.05) is 11.8 Å². The number of fused-ring (bicyclic) bond motifs is 1. The molecule has 2 heterocycles. The van der Waals surface area contributed by atoms with Gasteiger partial charge >= 0.3 is 0 Å². The maximum Gasteiger partial charge on any atom is 0.152 e. The fourth-order valence-electron chi connectivity index (χ4n) is 1.08. The Morgan fingerprint density at radius 1 is 1.70 bits per heavy atom. The Kier molecular flexibility index (Phi) is 0.869. The van der Waals surface area contributed by atoms with Gasteiger partial charge in [-0.3, -0.25) is 0 Å². The summed E-state index contributed by atoms with van der Waals surface area (Å²) in [4.78, 5) is 4.21. The molecule has 1 aromatic heterocycles. The van der Waals surface area contributed by atoms with Crippen molar-refractivity contribution < 1.29 is 0 Å². The Bertz CT molecular complexity index is 297. The van der Waals surface area contributed by atoms with Gasteiger partial charge < -0.3 is 5.73 Å². The lowest BCUT2D eigenvalue weighted by Crippen LogP contribution is -2.01. The Balaban J connectivity index is 2.53. The number of aliphatic imine (C=N–C) groups is 1. The van der Waals surface area contributed by atoms with Gasteiger partial charge in [0.25, 0.3) is 0 Å². The Labute approximate surface area is 58.4 Å². The minimum absolute atomic E-state index is 0.547. The van der Waals surface area contributed by atoms with Crippen molar-refractivity contribution >= 4 is 17.3 Å². The van der Waals surface area contributed by atoms with Crippen LogP contribution >= 0.6 is 0 Å².